The van der Waals surface area contributed by atoms with Gasteiger partial charge in [-0.15, -0.1) is 5.10 Å². The van der Waals surface area contributed by atoms with E-state index in [9.17, 15) is 0 Å². The smallest absolute Gasteiger partial charge is 0.233 e. The van der Waals surface area contributed by atoms with Crippen LogP contribution in [0.3, 0.4) is 0 Å². The molecule has 4 aliphatic rings. The topological polar surface area (TPSA) is 69.6 Å². The van der Waals surface area contributed by atoms with E-state index in [0.717, 1.165) is 40.2 Å². The quantitative estimate of drug-likeness (QED) is 0.684. The second-order valence-electron chi connectivity index (χ2n) is 9.45. The summed E-state index contributed by atoms with van der Waals surface area (Å²) in [6.07, 6.45) is 7.97. The molecular formula is C21H25N5O. The Morgan fingerprint density at radius 1 is 1.07 bits per heavy atom. The van der Waals surface area contributed by atoms with Crippen LogP contribution in [0.4, 0.5) is 0 Å². The van der Waals surface area contributed by atoms with Crippen LogP contribution >= 0.6 is 0 Å². The van der Waals surface area contributed by atoms with Gasteiger partial charge >= 0.3 is 0 Å². The maximum absolute atomic E-state index is 5.86. The third-order valence-electron chi connectivity index (χ3n) is 7.14. The summed E-state index contributed by atoms with van der Waals surface area (Å²) in [4.78, 5) is 4.89. The van der Waals surface area contributed by atoms with Crippen molar-refractivity contribution < 1.29 is 4.52 Å². The molecule has 27 heavy (non-hydrogen) atoms. The number of benzene rings is 1. The summed E-state index contributed by atoms with van der Waals surface area (Å²) >= 11 is 0. The summed E-state index contributed by atoms with van der Waals surface area (Å²) in [7, 11) is 0. The lowest BCUT2D eigenvalue weighted by Gasteiger charge is -2.55. The minimum Gasteiger partial charge on any atom is -0.338 e. The first kappa shape index (κ1) is 15.8. The van der Waals surface area contributed by atoms with Crippen molar-refractivity contribution in [3.05, 3.63) is 24.1 Å². The van der Waals surface area contributed by atoms with Crippen molar-refractivity contribution in [3.63, 3.8) is 0 Å². The third kappa shape index (κ3) is 2.31. The Morgan fingerprint density at radius 3 is 2.44 bits per heavy atom. The summed E-state index contributed by atoms with van der Waals surface area (Å²) < 4.78 is 7.80. The lowest BCUT2D eigenvalue weighted by Crippen LogP contribution is -2.48. The summed E-state index contributed by atoms with van der Waals surface area (Å²) in [6, 6.07) is 6.42. The van der Waals surface area contributed by atoms with Gasteiger partial charge in [0, 0.05) is 11.6 Å². The van der Waals surface area contributed by atoms with E-state index in [4.69, 9.17) is 9.51 Å². The van der Waals surface area contributed by atoms with Gasteiger partial charge in [0.15, 0.2) is 0 Å². The fourth-order valence-electron chi connectivity index (χ4n) is 6.39. The van der Waals surface area contributed by atoms with Crippen molar-refractivity contribution in [2.75, 3.05) is 0 Å². The maximum Gasteiger partial charge on any atom is 0.233 e. The molecule has 4 bridgehead atoms. The molecule has 0 aliphatic heterocycles. The van der Waals surface area contributed by atoms with E-state index >= 15 is 0 Å². The van der Waals surface area contributed by atoms with Crippen molar-refractivity contribution in [2.45, 2.75) is 63.8 Å². The van der Waals surface area contributed by atoms with Gasteiger partial charge in [0.1, 0.15) is 5.52 Å². The van der Waals surface area contributed by atoms with Crippen LogP contribution in [0.1, 0.15) is 64.3 Å². The highest BCUT2D eigenvalue weighted by Gasteiger charge is 2.54. The average Bonchev–Trinajstić information content (AvgIpc) is 3.28. The Labute approximate surface area is 158 Å². The van der Waals surface area contributed by atoms with Crippen LogP contribution in [-0.4, -0.2) is 25.1 Å². The van der Waals surface area contributed by atoms with E-state index in [1.807, 2.05) is 10.7 Å². The van der Waals surface area contributed by atoms with Crippen LogP contribution in [0, 0.1) is 17.8 Å². The first-order valence-corrected chi connectivity index (χ1v) is 10.3. The second kappa shape index (κ2) is 5.40. The number of aromatic nitrogens is 5. The van der Waals surface area contributed by atoms with Crippen molar-refractivity contribution >= 4 is 11.0 Å². The molecule has 4 saturated carbocycles. The largest absolute Gasteiger partial charge is 0.338 e. The van der Waals surface area contributed by atoms with Crippen LogP contribution in [0.15, 0.2) is 22.7 Å². The van der Waals surface area contributed by atoms with Crippen molar-refractivity contribution in [3.8, 4) is 11.4 Å². The predicted octanol–water partition coefficient (Wildman–Crippen LogP) is 4.53. The highest BCUT2D eigenvalue weighted by Crippen LogP contribution is 2.60. The van der Waals surface area contributed by atoms with Gasteiger partial charge in [-0.3, -0.25) is 0 Å². The van der Waals surface area contributed by atoms with E-state index in [2.05, 4.69) is 41.4 Å². The molecular weight excluding hydrogens is 338 g/mol. The van der Waals surface area contributed by atoms with Crippen molar-refractivity contribution in [1.82, 2.24) is 25.1 Å². The molecule has 4 fully saturated rings. The highest BCUT2D eigenvalue weighted by atomic mass is 16.5. The van der Waals surface area contributed by atoms with E-state index in [1.54, 1.807) is 0 Å². The summed E-state index contributed by atoms with van der Waals surface area (Å²) in [6.45, 7) is 4.22. The third-order valence-corrected chi connectivity index (χ3v) is 7.14. The predicted molar refractivity (Wildman–Crippen MR) is 101 cm³/mol. The molecule has 0 atom stereocenters. The standard InChI is InChI=1S/C21H25N5O/c1-12(2)26-18-4-3-16(8-17(18)23-25-26)19-22-20(27-24-19)21-9-13-5-14(10-21)7-15(6-13)11-21/h3-4,8,12-15H,5-7,9-11H2,1-2H3. The Bertz CT molecular complexity index is 981. The molecule has 1 aromatic carbocycles. The van der Waals surface area contributed by atoms with Gasteiger partial charge in [-0.2, -0.15) is 4.98 Å². The van der Waals surface area contributed by atoms with E-state index in [0.29, 0.717) is 5.82 Å². The van der Waals surface area contributed by atoms with E-state index in [1.165, 1.54) is 38.5 Å². The van der Waals surface area contributed by atoms with Gasteiger partial charge in [0.05, 0.1) is 10.9 Å². The first-order chi connectivity index (χ1) is 13.1. The second-order valence-corrected chi connectivity index (χ2v) is 9.45. The molecule has 0 spiro atoms. The molecule has 140 valence electrons. The van der Waals surface area contributed by atoms with Gasteiger partial charge in [-0.25, -0.2) is 4.68 Å². The van der Waals surface area contributed by atoms with E-state index in [-0.39, 0.29) is 11.5 Å². The number of rotatable bonds is 3. The Balaban J connectivity index is 1.36. The van der Waals surface area contributed by atoms with Crippen LogP contribution in [-0.2, 0) is 5.41 Å². The summed E-state index contributed by atoms with van der Waals surface area (Å²) in [5, 5.41) is 12.9. The zero-order valence-electron chi connectivity index (χ0n) is 15.9. The van der Waals surface area contributed by atoms with Crippen LogP contribution < -0.4 is 0 Å². The molecule has 0 N–H and O–H groups in total. The molecule has 0 saturated heterocycles. The summed E-state index contributed by atoms with van der Waals surface area (Å²) in [5.74, 6) is 4.17. The minimum atomic E-state index is 0.144. The van der Waals surface area contributed by atoms with Gasteiger partial charge in [-0.05, 0) is 88.3 Å². The highest BCUT2D eigenvalue weighted by molar-refractivity contribution is 5.79. The molecule has 0 radical (unpaired) electrons. The minimum absolute atomic E-state index is 0.144. The molecule has 0 unspecified atom stereocenters. The molecule has 4 aliphatic carbocycles. The molecule has 6 heteroatoms. The van der Waals surface area contributed by atoms with Gasteiger partial charge < -0.3 is 4.52 Å². The fourth-order valence-corrected chi connectivity index (χ4v) is 6.39. The van der Waals surface area contributed by atoms with Crippen molar-refractivity contribution in [1.29, 1.82) is 0 Å². The molecule has 0 amide bonds. The van der Waals surface area contributed by atoms with Crippen molar-refractivity contribution in [2.24, 2.45) is 17.8 Å². The normalized spacial score (nSPS) is 32.0. The lowest BCUT2D eigenvalue weighted by molar-refractivity contribution is -0.0201. The molecule has 7 rings (SSSR count). The van der Waals surface area contributed by atoms with Crippen LogP contribution in [0.5, 0.6) is 0 Å². The molecule has 2 heterocycles. The Kier molecular flexibility index (Phi) is 3.15. The lowest BCUT2D eigenvalue weighted by atomic mass is 9.49. The molecule has 2 aromatic heterocycles. The van der Waals surface area contributed by atoms with Crippen LogP contribution in [0.25, 0.3) is 22.4 Å². The first-order valence-electron chi connectivity index (χ1n) is 10.3. The van der Waals surface area contributed by atoms with Gasteiger partial charge in [0.25, 0.3) is 0 Å². The number of hydrogen-bond acceptors (Lipinski definition) is 5. The monoisotopic (exact) mass is 363 g/mol. The Hall–Kier alpha value is -2.24. The van der Waals surface area contributed by atoms with Gasteiger partial charge in [-0.1, -0.05) is 10.4 Å². The SMILES string of the molecule is CC(C)n1nnc2cc(-c3noc(C45CC6CC(CC(C6)C4)C5)n3)ccc21. The average molecular weight is 363 g/mol. The summed E-state index contributed by atoms with van der Waals surface area (Å²) in [5.41, 5.74) is 3.02. The number of nitrogens with zero attached hydrogens (tertiary/aromatic N) is 5. The zero-order valence-corrected chi connectivity index (χ0v) is 15.9. The van der Waals surface area contributed by atoms with Gasteiger partial charge in [0.2, 0.25) is 11.7 Å². The molecule has 6 nitrogen and oxygen atoms in total. The molecule has 3 aromatic rings. The zero-order chi connectivity index (χ0) is 18.2. The number of fused-ring (bicyclic) bond motifs is 1. The number of hydrogen-bond donors (Lipinski definition) is 0. The Morgan fingerprint density at radius 2 is 1.78 bits per heavy atom. The maximum atomic E-state index is 5.86. The fraction of sp³-hybridized carbons (Fsp3) is 0.619. The van der Waals surface area contributed by atoms with E-state index < -0.39 is 0 Å². The van der Waals surface area contributed by atoms with Crippen LogP contribution in [0.2, 0.25) is 0 Å².